The van der Waals surface area contributed by atoms with Gasteiger partial charge in [-0.05, 0) is 32.8 Å². The van der Waals surface area contributed by atoms with Crippen molar-refractivity contribution < 1.29 is 9.47 Å². The molecule has 0 radical (unpaired) electrons. The van der Waals surface area contributed by atoms with Gasteiger partial charge in [0.25, 0.3) is 0 Å². The molecular weight excluding hydrogens is 326 g/mol. The number of aromatic nitrogens is 2. The number of hydrogen-bond donors (Lipinski definition) is 0. The van der Waals surface area contributed by atoms with Crippen LogP contribution in [0.2, 0.25) is 0 Å². The van der Waals surface area contributed by atoms with Gasteiger partial charge >= 0.3 is 0 Å². The Morgan fingerprint density at radius 1 is 1.15 bits per heavy atom. The summed E-state index contributed by atoms with van der Waals surface area (Å²) in [6.07, 6.45) is 5.54. The lowest BCUT2D eigenvalue weighted by Crippen LogP contribution is -2.31. The molecule has 2 heterocycles. The van der Waals surface area contributed by atoms with Gasteiger partial charge in [0, 0.05) is 55.0 Å². The Morgan fingerprint density at radius 3 is 2.77 bits per heavy atom. The molecule has 2 aliphatic rings. The van der Waals surface area contributed by atoms with Crippen LogP contribution in [0.15, 0.2) is 24.4 Å². The molecular formula is C21H27N3O2. The Kier molecular flexibility index (Phi) is 5.07. The van der Waals surface area contributed by atoms with E-state index < -0.39 is 0 Å². The Hall–Kier alpha value is -2.14. The lowest BCUT2D eigenvalue weighted by Gasteiger charge is -2.29. The molecule has 0 bridgehead atoms. The van der Waals surface area contributed by atoms with Gasteiger partial charge in [0.15, 0.2) is 11.5 Å². The molecule has 1 aliphatic heterocycles. The second-order valence-electron chi connectivity index (χ2n) is 7.05. The van der Waals surface area contributed by atoms with E-state index in [0.717, 1.165) is 43.4 Å². The van der Waals surface area contributed by atoms with Gasteiger partial charge < -0.3 is 9.47 Å². The first-order chi connectivity index (χ1) is 12.8. The normalized spacial score (nSPS) is 17.0. The standard InChI is InChI=1S/C21H27N3O2/c1-3-25-19-7-5-6-16(20(19)26-4-2)13-24-11-10-18-17(14-24)12-22-21(23-18)15-8-9-15/h5-7,12,15H,3-4,8-11,13-14H2,1-2H3. The molecule has 0 amide bonds. The maximum absolute atomic E-state index is 5.90. The Labute approximate surface area is 155 Å². The molecule has 0 unspecified atom stereocenters. The van der Waals surface area contributed by atoms with Crippen molar-refractivity contribution in [1.82, 2.24) is 14.9 Å². The van der Waals surface area contributed by atoms with Gasteiger partial charge in [-0.3, -0.25) is 4.90 Å². The summed E-state index contributed by atoms with van der Waals surface area (Å²) >= 11 is 0. The molecule has 1 aromatic heterocycles. The monoisotopic (exact) mass is 353 g/mol. The minimum absolute atomic E-state index is 0.619. The van der Waals surface area contributed by atoms with Crippen molar-refractivity contribution in [3.05, 3.63) is 47.0 Å². The smallest absolute Gasteiger partial charge is 0.165 e. The van der Waals surface area contributed by atoms with Gasteiger partial charge in [-0.25, -0.2) is 9.97 Å². The van der Waals surface area contributed by atoms with E-state index >= 15 is 0 Å². The molecule has 1 aromatic carbocycles. The SMILES string of the molecule is CCOc1cccc(CN2CCc3nc(C4CC4)ncc3C2)c1OCC. The molecule has 4 rings (SSSR count). The first-order valence-corrected chi connectivity index (χ1v) is 9.73. The number of para-hydroxylation sites is 1. The van der Waals surface area contributed by atoms with Crippen molar-refractivity contribution in [3.8, 4) is 11.5 Å². The Balaban J connectivity index is 1.50. The molecule has 0 N–H and O–H groups in total. The molecule has 1 fully saturated rings. The summed E-state index contributed by atoms with van der Waals surface area (Å²) in [6.45, 7) is 8.04. The number of rotatable bonds is 7. The second-order valence-corrected chi connectivity index (χ2v) is 7.05. The lowest BCUT2D eigenvalue weighted by molar-refractivity contribution is 0.232. The molecule has 0 spiro atoms. The van der Waals surface area contributed by atoms with Crippen molar-refractivity contribution >= 4 is 0 Å². The van der Waals surface area contributed by atoms with E-state index in [9.17, 15) is 0 Å². The average Bonchev–Trinajstić information content (AvgIpc) is 3.49. The van der Waals surface area contributed by atoms with Crippen LogP contribution in [0.3, 0.4) is 0 Å². The molecule has 2 aromatic rings. The van der Waals surface area contributed by atoms with Gasteiger partial charge in [0.2, 0.25) is 0 Å². The zero-order valence-electron chi connectivity index (χ0n) is 15.7. The number of fused-ring (bicyclic) bond motifs is 1. The third kappa shape index (κ3) is 3.68. The molecule has 0 saturated heterocycles. The zero-order chi connectivity index (χ0) is 17.9. The molecule has 5 nitrogen and oxygen atoms in total. The van der Waals surface area contributed by atoms with Crippen molar-refractivity contribution in [3.63, 3.8) is 0 Å². The second kappa shape index (κ2) is 7.62. The Morgan fingerprint density at radius 2 is 2.00 bits per heavy atom. The van der Waals surface area contributed by atoms with Crippen LogP contribution < -0.4 is 9.47 Å². The van der Waals surface area contributed by atoms with Gasteiger partial charge in [-0.15, -0.1) is 0 Å². The third-order valence-electron chi connectivity index (χ3n) is 5.02. The molecule has 138 valence electrons. The summed E-state index contributed by atoms with van der Waals surface area (Å²) in [7, 11) is 0. The van der Waals surface area contributed by atoms with E-state index in [1.54, 1.807) is 0 Å². The fraction of sp³-hybridized carbons (Fsp3) is 0.524. The van der Waals surface area contributed by atoms with E-state index in [1.807, 2.05) is 32.2 Å². The van der Waals surface area contributed by atoms with Gasteiger partial charge in [0.1, 0.15) is 5.82 Å². The summed E-state index contributed by atoms with van der Waals surface area (Å²) in [5, 5.41) is 0. The topological polar surface area (TPSA) is 47.5 Å². The summed E-state index contributed by atoms with van der Waals surface area (Å²) in [6, 6.07) is 6.16. The highest BCUT2D eigenvalue weighted by atomic mass is 16.5. The fourth-order valence-corrected chi connectivity index (χ4v) is 3.57. The highest BCUT2D eigenvalue weighted by Crippen LogP contribution is 2.38. The summed E-state index contributed by atoms with van der Waals surface area (Å²) in [4.78, 5) is 11.9. The molecule has 5 heteroatoms. The van der Waals surface area contributed by atoms with E-state index in [1.165, 1.54) is 29.7 Å². The minimum atomic E-state index is 0.619. The highest BCUT2D eigenvalue weighted by molar-refractivity contribution is 5.46. The summed E-state index contributed by atoms with van der Waals surface area (Å²) < 4.78 is 11.7. The Bertz CT molecular complexity index is 774. The van der Waals surface area contributed by atoms with Crippen molar-refractivity contribution in [2.75, 3.05) is 19.8 Å². The van der Waals surface area contributed by atoms with Crippen LogP contribution in [0, 0.1) is 0 Å². The van der Waals surface area contributed by atoms with Gasteiger partial charge in [-0.2, -0.15) is 0 Å². The van der Waals surface area contributed by atoms with Crippen molar-refractivity contribution in [2.45, 2.75) is 52.1 Å². The van der Waals surface area contributed by atoms with E-state index in [2.05, 4.69) is 16.0 Å². The molecule has 1 saturated carbocycles. The quantitative estimate of drug-likeness (QED) is 0.759. The van der Waals surface area contributed by atoms with E-state index in [-0.39, 0.29) is 0 Å². The van der Waals surface area contributed by atoms with Crippen LogP contribution >= 0.6 is 0 Å². The number of ether oxygens (including phenoxy) is 2. The minimum Gasteiger partial charge on any atom is -0.490 e. The fourth-order valence-electron chi connectivity index (χ4n) is 3.57. The van der Waals surface area contributed by atoms with Crippen molar-refractivity contribution in [1.29, 1.82) is 0 Å². The number of hydrogen-bond acceptors (Lipinski definition) is 5. The maximum Gasteiger partial charge on any atom is 0.165 e. The third-order valence-corrected chi connectivity index (χ3v) is 5.02. The first kappa shape index (κ1) is 17.3. The van der Waals surface area contributed by atoms with Crippen LogP contribution in [0.25, 0.3) is 0 Å². The van der Waals surface area contributed by atoms with Gasteiger partial charge in [0.05, 0.1) is 13.2 Å². The van der Waals surface area contributed by atoms with Gasteiger partial charge in [-0.1, -0.05) is 12.1 Å². The van der Waals surface area contributed by atoms with E-state index in [0.29, 0.717) is 19.1 Å². The lowest BCUT2D eigenvalue weighted by atomic mass is 10.1. The number of benzene rings is 1. The maximum atomic E-state index is 5.90. The largest absolute Gasteiger partial charge is 0.490 e. The highest BCUT2D eigenvalue weighted by Gasteiger charge is 2.28. The predicted molar refractivity (Wildman–Crippen MR) is 101 cm³/mol. The predicted octanol–water partition coefficient (Wildman–Crippen LogP) is 3.71. The van der Waals surface area contributed by atoms with E-state index in [4.69, 9.17) is 14.5 Å². The van der Waals surface area contributed by atoms with Crippen LogP contribution in [-0.2, 0) is 19.5 Å². The average molecular weight is 353 g/mol. The van der Waals surface area contributed by atoms with Crippen LogP contribution in [0.1, 0.15) is 55.3 Å². The molecule has 1 aliphatic carbocycles. The summed E-state index contributed by atoms with van der Waals surface area (Å²) in [5.74, 6) is 3.39. The number of nitrogens with zero attached hydrogens (tertiary/aromatic N) is 3. The molecule has 0 atom stereocenters. The van der Waals surface area contributed by atoms with Crippen molar-refractivity contribution in [2.24, 2.45) is 0 Å². The van der Waals surface area contributed by atoms with Crippen LogP contribution in [-0.4, -0.2) is 34.6 Å². The molecule has 26 heavy (non-hydrogen) atoms. The summed E-state index contributed by atoms with van der Waals surface area (Å²) in [5.41, 5.74) is 3.68. The van der Waals surface area contributed by atoms with Crippen LogP contribution in [0.5, 0.6) is 11.5 Å². The zero-order valence-corrected chi connectivity index (χ0v) is 15.7. The van der Waals surface area contributed by atoms with Crippen LogP contribution in [0.4, 0.5) is 0 Å². The first-order valence-electron chi connectivity index (χ1n) is 9.73.